The first-order chi connectivity index (χ1) is 8.53. The van der Waals surface area contributed by atoms with Gasteiger partial charge in [0.15, 0.2) is 0 Å². The molecule has 0 amide bonds. The second-order valence-corrected chi connectivity index (χ2v) is 5.34. The van der Waals surface area contributed by atoms with E-state index in [2.05, 4.69) is 68.5 Å². The van der Waals surface area contributed by atoms with Gasteiger partial charge in [-0.2, -0.15) is 37.9 Å². The van der Waals surface area contributed by atoms with E-state index in [9.17, 15) is 0 Å². The van der Waals surface area contributed by atoms with Gasteiger partial charge in [-0.15, -0.1) is 0 Å². The first kappa shape index (κ1) is 24.0. The maximum absolute atomic E-state index is 4.13. The summed E-state index contributed by atoms with van der Waals surface area (Å²) in [6.45, 7) is 10.9. The number of rotatable bonds is 7. The van der Waals surface area contributed by atoms with Crippen molar-refractivity contribution in [2.45, 2.75) is 27.2 Å². The molecule has 0 fully saturated rings. The van der Waals surface area contributed by atoms with E-state index in [-0.39, 0.29) is 0 Å². The quantitative estimate of drug-likeness (QED) is 0.622. The normalized spacial score (nSPS) is 9.67. The van der Waals surface area contributed by atoms with Crippen LogP contribution in [0.2, 0.25) is 0 Å². The Kier molecular flexibility index (Phi) is 30.8. The van der Waals surface area contributed by atoms with E-state index in [0.29, 0.717) is 0 Å². The molecular weight excluding hydrogens is 280 g/mol. The van der Waals surface area contributed by atoms with Gasteiger partial charge in [0.25, 0.3) is 0 Å². The van der Waals surface area contributed by atoms with E-state index in [0.717, 1.165) is 43.4 Å². The van der Waals surface area contributed by atoms with Crippen molar-refractivity contribution < 1.29 is 0 Å². The van der Waals surface area contributed by atoms with Crippen molar-refractivity contribution in [1.82, 2.24) is 9.80 Å². The molecule has 0 rings (SSSR count). The first-order valence-electron chi connectivity index (χ1n) is 6.73. The van der Waals surface area contributed by atoms with Crippen molar-refractivity contribution in [2.24, 2.45) is 0 Å². The Morgan fingerprint density at radius 2 is 1.11 bits per heavy atom. The fourth-order valence-corrected chi connectivity index (χ4v) is 1.56. The predicted molar refractivity (Wildman–Crippen MR) is 98.2 cm³/mol. The lowest BCUT2D eigenvalue weighted by atomic mass is 10.5. The van der Waals surface area contributed by atoms with Crippen LogP contribution in [0.1, 0.15) is 27.2 Å². The average Bonchev–Trinajstić information content (AvgIpc) is 2.36. The molecule has 0 radical (unpaired) electrons. The summed E-state index contributed by atoms with van der Waals surface area (Å²) in [6.07, 6.45) is 1.18. The molecule has 0 unspecified atom stereocenters. The van der Waals surface area contributed by atoms with Gasteiger partial charge < -0.3 is 9.80 Å². The molecule has 0 spiro atoms. The maximum atomic E-state index is 4.13. The summed E-state index contributed by atoms with van der Waals surface area (Å²) >= 11 is 12.1. The monoisotopic (exact) mass is 314 g/mol. The molecule has 114 valence electrons. The Morgan fingerprint density at radius 3 is 1.17 bits per heavy atom. The summed E-state index contributed by atoms with van der Waals surface area (Å²) in [5, 5.41) is 0. The molecule has 2 nitrogen and oxygen atoms in total. The number of thiol groups is 3. The smallest absolute Gasteiger partial charge is 0.00696 e. The van der Waals surface area contributed by atoms with Crippen LogP contribution in [-0.2, 0) is 0 Å². The molecule has 0 saturated carbocycles. The van der Waals surface area contributed by atoms with E-state index < -0.39 is 0 Å². The van der Waals surface area contributed by atoms with Gasteiger partial charge in [0.2, 0.25) is 0 Å². The molecule has 0 saturated heterocycles. The largest absolute Gasteiger partial charge is 0.309 e. The van der Waals surface area contributed by atoms with E-state index in [1.165, 1.54) is 6.42 Å². The second-order valence-electron chi connectivity index (χ2n) is 4.00. The fraction of sp³-hybridized carbons (Fsp3) is 1.00. The number of hydrogen-bond acceptors (Lipinski definition) is 5. The van der Waals surface area contributed by atoms with Crippen molar-refractivity contribution in [3.63, 3.8) is 0 Å². The molecule has 5 heteroatoms. The molecular formula is C13H34N2S3. The van der Waals surface area contributed by atoms with Crippen LogP contribution in [0, 0.1) is 0 Å². The third-order valence-corrected chi connectivity index (χ3v) is 2.93. The fourth-order valence-electron chi connectivity index (χ4n) is 0.881. The predicted octanol–water partition coefficient (Wildman–Crippen LogP) is 3.06. The minimum Gasteiger partial charge on any atom is -0.309 e. The van der Waals surface area contributed by atoms with Gasteiger partial charge in [0.1, 0.15) is 0 Å². The Balaban J connectivity index is -0.000000200. The van der Waals surface area contributed by atoms with E-state index in [1.807, 2.05) is 14.1 Å². The Morgan fingerprint density at radius 1 is 0.722 bits per heavy atom. The van der Waals surface area contributed by atoms with Gasteiger partial charge in [-0.3, -0.25) is 0 Å². The molecule has 0 aromatic heterocycles. The molecule has 0 atom stereocenters. The van der Waals surface area contributed by atoms with Gasteiger partial charge in [-0.05, 0) is 39.4 Å². The summed E-state index contributed by atoms with van der Waals surface area (Å²) in [7, 11) is 4.08. The van der Waals surface area contributed by atoms with Gasteiger partial charge in [0, 0.05) is 24.6 Å². The standard InChI is InChI=1S/C6H15NS.C4H11NS.C3H8S/c1-3-7(4-2)5-6-8;1-5(2)3-4-6;1-2-3-4/h8H,3-6H2,1-2H3;6H,3-4H2,1-2H3;4H,2-3H2,1H3. The van der Waals surface area contributed by atoms with Crippen LogP contribution in [0.3, 0.4) is 0 Å². The third-order valence-electron chi connectivity index (χ3n) is 2.08. The molecule has 0 N–H and O–H groups in total. The zero-order chi connectivity index (χ0) is 14.8. The van der Waals surface area contributed by atoms with Crippen LogP contribution in [0.15, 0.2) is 0 Å². The average molecular weight is 315 g/mol. The topological polar surface area (TPSA) is 6.48 Å². The summed E-state index contributed by atoms with van der Waals surface area (Å²) < 4.78 is 0. The Labute approximate surface area is 132 Å². The van der Waals surface area contributed by atoms with E-state index >= 15 is 0 Å². The van der Waals surface area contributed by atoms with Crippen molar-refractivity contribution >= 4 is 37.9 Å². The molecule has 0 bridgehead atoms. The Bertz CT molecular complexity index is 119. The van der Waals surface area contributed by atoms with E-state index in [4.69, 9.17) is 0 Å². The van der Waals surface area contributed by atoms with Crippen molar-refractivity contribution in [1.29, 1.82) is 0 Å². The van der Waals surface area contributed by atoms with Gasteiger partial charge >= 0.3 is 0 Å². The third kappa shape index (κ3) is 30.2. The van der Waals surface area contributed by atoms with Crippen LogP contribution >= 0.6 is 37.9 Å². The molecule has 0 aliphatic rings. The summed E-state index contributed by atoms with van der Waals surface area (Å²) in [5.74, 6) is 2.94. The molecule has 18 heavy (non-hydrogen) atoms. The van der Waals surface area contributed by atoms with Gasteiger partial charge in [-0.1, -0.05) is 20.8 Å². The SMILES string of the molecule is CCCS.CCN(CC)CCS.CN(C)CCS. The zero-order valence-electron chi connectivity index (χ0n) is 12.9. The second kappa shape index (κ2) is 23.1. The highest BCUT2D eigenvalue weighted by Gasteiger charge is 1.93. The molecule has 0 aliphatic heterocycles. The minimum atomic E-state index is 0.951. The molecule has 0 aromatic rings. The Hall–Kier alpha value is 0.970. The lowest BCUT2D eigenvalue weighted by Crippen LogP contribution is -2.24. The molecule has 0 aliphatic carbocycles. The van der Waals surface area contributed by atoms with Crippen molar-refractivity contribution in [2.75, 3.05) is 57.5 Å². The minimum absolute atomic E-state index is 0.951. The van der Waals surface area contributed by atoms with Crippen LogP contribution in [-0.4, -0.2) is 67.3 Å². The van der Waals surface area contributed by atoms with Crippen LogP contribution in [0.5, 0.6) is 0 Å². The zero-order valence-corrected chi connectivity index (χ0v) is 15.6. The first-order valence-corrected chi connectivity index (χ1v) is 8.63. The lowest BCUT2D eigenvalue weighted by Gasteiger charge is -2.15. The van der Waals surface area contributed by atoms with Gasteiger partial charge in [0.05, 0.1) is 0 Å². The van der Waals surface area contributed by atoms with E-state index in [1.54, 1.807) is 0 Å². The summed E-state index contributed by atoms with van der Waals surface area (Å²) in [4.78, 5) is 4.46. The summed E-state index contributed by atoms with van der Waals surface area (Å²) in [5.41, 5.74) is 0. The summed E-state index contributed by atoms with van der Waals surface area (Å²) in [6, 6.07) is 0. The number of hydrogen-bond donors (Lipinski definition) is 3. The lowest BCUT2D eigenvalue weighted by molar-refractivity contribution is 0.324. The highest BCUT2D eigenvalue weighted by molar-refractivity contribution is 7.80. The van der Waals surface area contributed by atoms with Crippen molar-refractivity contribution in [3.8, 4) is 0 Å². The van der Waals surface area contributed by atoms with Crippen LogP contribution in [0.4, 0.5) is 0 Å². The van der Waals surface area contributed by atoms with Crippen LogP contribution < -0.4 is 0 Å². The molecule has 0 aromatic carbocycles. The highest BCUT2D eigenvalue weighted by Crippen LogP contribution is 1.86. The number of nitrogens with zero attached hydrogens (tertiary/aromatic N) is 2. The highest BCUT2D eigenvalue weighted by atomic mass is 32.1. The van der Waals surface area contributed by atoms with Gasteiger partial charge in [-0.25, -0.2) is 0 Å². The van der Waals surface area contributed by atoms with Crippen molar-refractivity contribution in [3.05, 3.63) is 0 Å². The maximum Gasteiger partial charge on any atom is 0.00696 e. The van der Waals surface area contributed by atoms with Crippen LogP contribution in [0.25, 0.3) is 0 Å². The molecule has 0 heterocycles.